The van der Waals surface area contributed by atoms with E-state index in [0.717, 1.165) is 22.2 Å². The number of hydrogen-bond donors (Lipinski definition) is 1. The number of nitro groups is 1. The Labute approximate surface area is 169 Å². The Morgan fingerprint density at radius 2 is 1.86 bits per heavy atom. The topological polar surface area (TPSA) is 119 Å². The summed E-state index contributed by atoms with van der Waals surface area (Å²) in [6.07, 6.45) is 0.947. The molecule has 156 valence electrons. The summed E-state index contributed by atoms with van der Waals surface area (Å²) in [6.45, 7) is 4.87. The van der Waals surface area contributed by atoms with Gasteiger partial charge in [0.25, 0.3) is 5.69 Å². The molecule has 1 amide bonds. The van der Waals surface area contributed by atoms with Crippen LogP contribution in [-0.4, -0.2) is 38.7 Å². The Hall–Kier alpha value is -3.14. The van der Waals surface area contributed by atoms with E-state index in [0.29, 0.717) is 17.0 Å². The molecule has 2 aromatic carbocycles. The van der Waals surface area contributed by atoms with Gasteiger partial charge in [-0.15, -0.1) is 0 Å². The zero-order chi connectivity index (χ0) is 21.9. The maximum Gasteiger partial charge on any atom is 0.271 e. The molecule has 0 unspecified atom stereocenters. The Morgan fingerprint density at radius 3 is 2.41 bits per heavy atom. The number of nitrogens with zero attached hydrogens (tertiary/aromatic N) is 2. The van der Waals surface area contributed by atoms with Crippen LogP contribution in [0.4, 0.5) is 17.1 Å². The maximum atomic E-state index is 12.9. The van der Waals surface area contributed by atoms with Crippen molar-refractivity contribution in [3.8, 4) is 5.75 Å². The van der Waals surface area contributed by atoms with Crippen LogP contribution < -0.4 is 14.4 Å². The number of nitrogens with one attached hydrogen (secondary N) is 1. The van der Waals surface area contributed by atoms with Gasteiger partial charge in [0.15, 0.2) is 0 Å². The van der Waals surface area contributed by atoms with Crippen LogP contribution >= 0.6 is 0 Å². The first-order valence-electron chi connectivity index (χ1n) is 8.65. The van der Waals surface area contributed by atoms with Gasteiger partial charge in [0.05, 0.1) is 29.7 Å². The van der Waals surface area contributed by atoms with Gasteiger partial charge in [0.2, 0.25) is 15.9 Å². The number of hydrogen-bond acceptors (Lipinski definition) is 6. The van der Waals surface area contributed by atoms with Crippen molar-refractivity contribution < 1.29 is 22.9 Å². The van der Waals surface area contributed by atoms with E-state index < -0.39 is 26.9 Å². The SMILES string of the molecule is COc1ccc(C)cc1NC(=O)[C@H](C)N(c1cc([N+](=O)[O-])ccc1C)S(C)(=O)=O. The normalized spacial score (nSPS) is 12.2. The number of carbonyl (C=O) groups excluding carboxylic acids is 1. The molecule has 0 aliphatic heterocycles. The molecule has 0 fully saturated rings. The number of ether oxygens (including phenoxy) is 1. The lowest BCUT2D eigenvalue weighted by Gasteiger charge is -2.29. The number of non-ortho nitro benzene ring substituents is 1. The fourth-order valence-electron chi connectivity index (χ4n) is 2.89. The molecule has 2 aromatic rings. The average molecular weight is 421 g/mol. The van der Waals surface area contributed by atoms with E-state index in [1.807, 2.05) is 13.0 Å². The lowest BCUT2D eigenvalue weighted by Crippen LogP contribution is -2.45. The molecule has 1 atom stereocenters. The smallest absolute Gasteiger partial charge is 0.271 e. The van der Waals surface area contributed by atoms with Crippen molar-refractivity contribution in [1.82, 2.24) is 0 Å². The third kappa shape index (κ3) is 5.02. The molecule has 0 heterocycles. The summed E-state index contributed by atoms with van der Waals surface area (Å²) in [5.41, 5.74) is 1.55. The second-order valence-corrected chi connectivity index (χ2v) is 8.52. The molecule has 0 radical (unpaired) electrons. The lowest BCUT2D eigenvalue weighted by molar-refractivity contribution is -0.384. The highest BCUT2D eigenvalue weighted by Gasteiger charge is 2.31. The van der Waals surface area contributed by atoms with Crippen molar-refractivity contribution in [2.45, 2.75) is 26.8 Å². The summed E-state index contributed by atoms with van der Waals surface area (Å²) in [4.78, 5) is 23.4. The van der Waals surface area contributed by atoms with Gasteiger partial charge in [-0.2, -0.15) is 0 Å². The summed E-state index contributed by atoms with van der Waals surface area (Å²) in [7, 11) is -2.47. The summed E-state index contributed by atoms with van der Waals surface area (Å²) in [5, 5.41) is 13.8. The molecule has 0 bridgehead atoms. The van der Waals surface area contributed by atoms with Gasteiger partial charge in [-0.1, -0.05) is 12.1 Å². The van der Waals surface area contributed by atoms with Gasteiger partial charge in [-0.05, 0) is 44.0 Å². The highest BCUT2D eigenvalue weighted by Crippen LogP contribution is 2.30. The van der Waals surface area contributed by atoms with Crippen LogP contribution in [0.3, 0.4) is 0 Å². The average Bonchev–Trinajstić information content (AvgIpc) is 2.62. The van der Waals surface area contributed by atoms with E-state index in [1.165, 1.54) is 26.2 Å². The minimum Gasteiger partial charge on any atom is -0.495 e. The largest absolute Gasteiger partial charge is 0.495 e. The summed E-state index contributed by atoms with van der Waals surface area (Å²) in [6, 6.07) is 7.90. The molecule has 0 aromatic heterocycles. The molecule has 0 saturated heterocycles. The predicted molar refractivity (Wildman–Crippen MR) is 111 cm³/mol. The van der Waals surface area contributed by atoms with Gasteiger partial charge in [-0.25, -0.2) is 8.42 Å². The summed E-state index contributed by atoms with van der Waals surface area (Å²) >= 11 is 0. The molecule has 1 N–H and O–H groups in total. The number of aryl methyl sites for hydroxylation is 2. The van der Waals surface area contributed by atoms with Crippen molar-refractivity contribution in [2.75, 3.05) is 23.0 Å². The van der Waals surface area contributed by atoms with Crippen LogP contribution in [0.25, 0.3) is 0 Å². The van der Waals surface area contributed by atoms with Crippen molar-refractivity contribution in [3.05, 3.63) is 57.6 Å². The van der Waals surface area contributed by atoms with Crippen LogP contribution in [0.15, 0.2) is 36.4 Å². The van der Waals surface area contributed by atoms with Gasteiger partial charge < -0.3 is 10.1 Å². The van der Waals surface area contributed by atoms with E-state index in [1.54, 1.807) is 19.1 Å². The molecule has 9 nitrogen and oxygen atoms in total. The van der Waals surface area contributed by atoms with Crippen LogP contribution in [0, 0.1) is 24.0 Å². The van der Waals surface area contributed by atoms with Crippen molar-refractivity contribution in [1.29, 1.82) is 0 Å². The number of anilines is 2. The fraction of sp³-hybridized carbons (Fsp3) is 0.316. The van der Waals surface area contributed by atoms with Crippen molar-refractivity contribution >= 4 is 33.0 Å². The Morgan fingerprint density at radius 1 is 1.21 bits per heavy atom. The number of amides is 1. The standard InChI is InChI=1S/C19H23N3O6S/c1-12-6-9-18(28-4)16(10-12)20-19(23)14(3)21(29(5,26)27)17-11-15(22(24)25)8-7-13(17)2/h6-11,14H,1-5H3,(H,20,23)/t14-/m0/s1. The van der Waals surface area contributed by atoms with Crippen LogP contribution in [-0.2, 0) is 14.8 Å². The highest BCUT2D eigenvalue weighted by molar-refractivity contribution is 7.92. The zero-order valence-electron chi connectivity index (χ0n) is 16.8. The summed E-state index contributed by atoms with van der Waals surface area (Å²) in [5.74, 6) is -0.182. The molecule has 0 aliphatic rings. The van der Waals surface area contributed by atoms with Crippen molar-refractivity contribution in [2.24, 2.45) is 0 Å². The van der Waals surface area contributed by atoms with Gasteiger partial charge in [-0.3, -0.25) is 19.2 Å². The lowest BCUT2D eigenvalue weighted by atomic mass is 10.1. The number of sulfonamides is 1. The number of rotatable bonds is 7. The monoisotopic (exact) mass is 421 g/mol. The molecule has 0 aliphatic carbocycles. The third-order valence-electron chi connectivity index (χ3n) is 4.34. The van der Waals surface area contributed by atoms with Crippen molar-refractivity contribution in [3.63, 3.8) is 0 Å². The summed E-state index contributed by atoms with van der Waals surface area (Å²) < 4.78 is 31.1. The highest BCUT2D eigenvalue weighted by atomic mass is 32.2. The quantitative estimate of drug-likeness (QED) is 0.542. The Kier molecular flexibility index (Phi) is 6.48. The van der Waals surface area contributed by atoms with E-state index in [4.69, 9.17) is 4.74 Å². The molecular weight excluding hydrogens is 398 g/mol. The minimum atomic E-state index is -3.92. The predicted octanol–water partition coefficient (Wildman–Crippen LogP) is 3.01. The van der Waals surface area contributed by atoms with Crippen LogP contribution in [0.5, 0.6) is 5.75 Å². The first kappa shape index (κ1) is 22.2. The fourth-order valence-corrected chi connectivity index (χ4v) is 4.11. The molecular formula is C19H23N3O6S. The second kappa shape index (κ2) is 8.48. The Balaban J connectivity index is 2.47. The van der Waals surface area contributed by atoms with Gasteiger partial charge in [0, 0.05) is 12.1 Å². The zero-order valence-corrected chi connectivity index (χ0v) is 17.6. The molecule has 0 saturated carbocycles. The first-order valence-corrected chi connectivity index (χ1v) is 10.5. The molecule has 2 rings (SSSR count). The first-order chi connectivity index (χ1) is 13.5. The van der Waals surface area contributed by atoms with E-state index in [-0.39, 0.29) is 11.4 Å². The van der Waals surface area contributed by atoms with Gasteiger partial charge >= 0.3 is 0 Å². The number of benzene rings is 2. The number of methoxy groups -OCH3 is 1. The third-order valence-corrected chi connectivity index (χ3v) is 5.57. The van der Waals surface area contributed by atoms with E-state index >= 15 is 0 Å². The van der Waals surface area contributed by atoms with E-state index in [2.05, 4.69) is 5.32 Å². The number of nitro benzene ring substituents is 1. The number of carbonyl (C=O) groups is 1. The van der Waals surface area contributed by atoms with Crippen LogP contribution in [0.1, 0.15) is 18.1 Å². The molecule has 10 heteroatoms. The van der Waals surface area contributed by atoms with Gasteiger partial charge in [0.1, 0.15) is 11.8 Å². The van der Waals surface area contributed by atoms with E-state index in [9.17, 15) is 23.3 Å². The molecule has 29 heavy (non-hydrogen) atoms. The maximum absolute atomic E-state index is 12.9. The second-order valence-electron chi connectivity index (χ2n) is 6.66. The Bertz CT molecular complexity index is 1050. The minimum absolute atomic E-state index is 0.0700. The van der Waals surface area contributed by atoms with Crippen LogP contribution in [0.2, 0.25) is 0 Å². The molecule has 0 spiro atoms.